The van der Waals surface area contributed by atoms with Gasteiger partial charge in [-0.3, -0.25) is 4.18 Å². The van der Waals surface area contributed by atoms with Gasteiger partial charge in [0.15, 0.2) is 25.2 Å². The number of rotatable bonds is 36. The Morgan fingerprint density at radius 2 is 0.925 bits per heavy atom. The summed E-state index contributed by atoms with van der Waals surface area (Å²) >= 11 is 0. The maximum absolute atomic E-state index is 11.8. The molecule has 0 aliphatic carbocycles. The summed E-state index contributed by atoms with van der Waals surface area (Å²) < 4.78 is 73.6. The van der Waals surface area contributed by atoms with Gasteiger partial charge >= 0.3 is 29.6 Å². The molecule has 0 bridgehead atoms. The number of aliphatic hydroxyl groups is 8. The molecule has 0 radical (unpaired) electrons. The molecule has 3 aliphatic heterocycles. The van der Waals surface area contributed by atoms with Crippen LogP contribution in [0.3, 0.4) is 0 Å². The first-order chi connectivity index (χ1) is 31.6. The van der Waals surface area contributed by atoms with Crippen LogP contribution in [0, 0.1) is 5.92 Å². The average Bonchev–Trinajstić information content (AvgIpc) is 3.28. The van der Waals surface area contributed by atoms with E-state index in [2.05, 4.69) is 18.0 Å². The van der Waals surface area contributed by atoms with Gasteiger partial charge in [-0.15, -0.1) is 0 Å². The zero-order chi connectivity index (χ0) is 48.5. The van der Waals surface area contributed by atoms with Crippen LogP contribution in [0.4, 0.5) is 0 Å². The van der Waals surface area contributed by atoms with Crippen LogP contribution in [0.25, 0.3) is 0 Å². The average molecular weight is 997 g/mol. The second-order valence-corrected chi connectivity index (χ2v) is 20.0. The quantitative estimate of drug-likeness (QED) is 0.0192. The Balaban J connectivity index is 0.0000154. The Bertz CT molecular complexity index is 1310. The summed E-state index contributed by atoms with van der Waals surface area (Å²) in [4.78, 5) is 0. The molecule has 0 spiro atoms. The van der Waals surface area contributed by atoms with Crippen LogP contribution in [0.5, 0.6) is 0 Å². The number of hydrogen-bond acceptors (Lipinski definition) is 18. The Labute approximate surface area is 423 Å². The molecule has 67 heavy (non-hydrogen) atoms. The number of unbranched alkanes of at least 4 members (excludes halogenated alkanes) is 22. The maximum Gasteiger partial charge on any atom is 1.00 e. The topological polar surface area (TPSA) is 284 Å². The van der Waals surface area contributed by atoms with Gasteiger partial charge < -0.3 is 73.8 Å². The van der Waals surface area contributed by atoms with Crippen LogP contribution in [0.1, 0.15) is 188 Å². The molecule has 20 heteroatoms. The molecule has 3 heterocycles. The summed E-state index contributed by atoms with van der Waals surface area (Å²) in [6.07, 6.45) is 4.28. The number of aliphatic hydroxyl groups excluding tert-OH is 8. The van der Waals surface area contributed by atoms with Crippen molar-refractivity contribution in [2.24, 2.45) is 5.92 Å². The third-order valence-electron chi connectivity index (χ3n) is 13.4. The molecular weight excluding hydrogens is 908 g/mol. The van der Waals surface area contributed by atoms with Gasteiger partial charge in [0, 0.05) is 0 Å². The molecule has 18 nitrogen and oxygen atoms in total. The molecule has 0 aromatic carbocycles. The first-order valence-corrected chi connectivity index (χ1v) is 26.9. The summed E-state index contributed by atoms with van der Waals surface area (Å²) in [5.74, 6) is 0.0976. The Hall–Kier alpha value is 0.310. The van der Waals surface area contributed by atoms with Gasteiger partial charge in [-0.25, -0.2) is 8.42 Å². The summed E-state index contributed by atoms with van der Waals surface area (Å²) in [5, 5.41) is 86.2. The second kappa shape index (κ2) is 35.5. The van der Waals surface area contributed by atoms with E-state index in [4.69, 9.17) is 28.4 Å². The van der Waals surface area contributed by atoms with Crippen LogP contribution in [0.2, 0.25) is 0 Å². The molecule has 3 aliphatic rings. The summed E-state index contributed by atoms with van der Waals surface area (Å²) in [6.45, 7) is 5.09. The van der Waals surface area contributed by atoms with Gasteiger partial charge in [0.05, 0.1) is 19.3 Å². The largest absolute Gasteiger partial charge is 1.00 e. The fourth-order valence-corrected chi connectivity index (χ4v) is 9.69. The van der Waals surface area contributed by atoms with Crippen LogP contribution < -0.4 is 29.6 Å². The maximum atomic E-state index is 11.8. The van der Waals surface area contributed by atoms with Gasteiger partial charge in [-0.1, -0.05) is 168 Å². The Kier molecular flexibility index (Phi) is 33.6. The first kappa shape index (κ1) is 63.4. The van der Waals surface area contributed by atoms with Crippen molar-refractivity contribution in [3.05, 3.63) is 0 Å². The molecule has 392 valence electrons. The Morgan fingerprint density at radius 1 is 0.507 bits per heavy atom. The molecule has 3 rings (SSSR count). The number of ether oxygens (including phenoxy) is 6. The normalized spacial score (nSPS) is 32.7. The molecule has 8 N–H and O–H groups in total. The predicted octanol–water partition coefficient (Wildman–Crippen LogP) is 1.72. The van der Waals surface area contributed by atoms with E-state index in [1.807, 2.05) is 0 Å². The van der Waals surface area contributed by atoms with Crippen LogP contribution in [-0.2, 0) is 43.0 Å². The van der Waals surface area contributed by atoms with Crippen LogP contribution in [-0.4, -0.2) is 159 Å². The van der Waals surface area contributed by atoms with Crippen molar-refractivity contribution in [2.45, 2.75) is 280 Å². The van der Waals surface area contributed by atoms with E-state index in [-0.39, 0.29) is 42.1 Å². The molecule has 0 aromatic heterocycles. The van der Waals surface area contributed by atoms with Crippen molar-refractivity contribution in [2.75, 3.05) is 13.2 Å². The van der Waals surface area contributed by atoms with E-state index in [0.717, 1.165) is 51.4 Å². The van der Waals surface area contributed by atoms with Crippen molar-refractivity contribution < 1.29 is 116 Å². The molecule has 0 amide bonds. The minimum absolute atomic E-state index is 0. The van der Waals surface area contributed by atoms with Crippen LogP contribution >= 0.6 is 0 Å². The Morgan fingerprint density at radius 3 is 1.37 bits per heavy atom. The standard InChI is InChI=1S/C47H90O18S.Na/c1-4-6-8-10-12-14-16-18-20-22-24-26-28-33(29-27-25-23-21-19-17-15-13-11-9-7-5-2)31-59-45-40(54)42(62-46-38(52)37(51)35(49)32(3)60-46)43(44(55)64-45)63-47-39(53)41(65-66(56,57)58)36(50)34(30-48)61-47;/h32-55H,4-31H2,1-3H3,(H,56,57,58);/q;+1/p-1. The summed E-state index contributed by atoms with van der Waals surface area (Å²) in [5.41, 5.74) is 0. The zero-order valence-electron chi connectivity index (χ0n) is 41.1. The van der Waals surface area contributed by atoms with Gasteiger partial charge in [-0.2, -0.15) is 0 Å². The van der Waals surface area contributed by atoms with E-state index in [0.29, 0.717) is 0 Å². The van der Waals surface area contributed by atoms with E-state index in [1.165, 1.54) is 122 Å². The van der Waals surface area contributed by atoms with Crippen molar-refractivity contribution in [3.8, 4) is 0 Å². The SMILES string of the molecule is CCCCCCCCCCCCCCC(CCCCCCCCCCCCCC)COC1OC(O)C(OC2OC(CO)C(O)C(OS(=O)(=O)[O-])C2O)C(OC2OC(C)C(O)C(O)C2O)C1O.[Na+]. The minimum Gasteiger partial charge on any atom is -0.726 e. The smallest absolute Gasteiger partial charge is 0.726 e. The zero-order valence-corrected chi connectivity index (χ0v) is 43.9. The molecule has 0 aromatic rings. The van der Waals surface area contributed by atoms with E-state index in [1.54, 1.807) is 0 Å². The van der Waals surface area contributed by atoms with Crippen molar-refractivity contribution in [1.29, 1.82) is 0 Å². The van der Waals surface area contributed by atoms with Crippen LogP contribution in [0.15, 0.2) is 0 Å². The van der Waals surface area contributed by atoms with Gasteiger partial charge in [0.2, 0.25) is 10.4 Å². The van der Waals surface area contributed by atoms with E-state index in [9.17, 15) is 53.8 Å². The molecule has 15 atom stereocenters. The van der Waals surface area contributed by atoms with Gasteiger partial charge in [0.1, 0.15) is 61.0 Å². The molecule has 0 saturated carbocycles. The molecule has 3 saturated heterocycles. The van der Waals surface area contributed by atoms with Crippen molar-refractivity contribution in [3.63, 3.8) is 0 Å². The predicted molar refractivity (Wildman–Crippen MR) is 242 cm³/mol. The second-order valence-electron chi connectivity index (χ2n) is 19.0. The molecule has 3 fully saturated rings. The van der Waals surface area contributed by atoms with Gasteiger partial charge in [0.25, 0.3) is 0 Å². The third-order valence-corrected chi connectivity index (χ3v) is 13.8. The number of hydrogen-bond donors (Lipinski definition) is 8. The fourth-order valence-electron chi connectivity index (χ4n) is 9.19. The molecular formula is C47H89NaO18S. The van der Waals surface area contributed by atoms with Crippen molar-refractivity contribution >= 4 is 10.4 Å². The molecule has 15 unspecified atom stereocenters. The van der Waals surface area contributed by atoms with Gasteiger partial charge in [-0.05, 0) is 25.7 Å². The first-order valence-electron chi connectivity index (χ1n) is 25.5. The summed E-state index contributed by atoms with van der Waals surface area (Å²) in [6, 6.07) is 0. The third kappa shape index (κ3) is 23.4. The monoisotopic (exact) mass is 997 g/mol. The van der Waals surface area contributed by atoms with E-state index >= 15 is 0 Å². The fraction of sp³-hybridized carbons (Fsp3) is 1.00. The van der Waals surface area contributed by atoms with E-state index < -0.39 is 109 Å². The summed E-state index contributed by atoms with van der Waals surface area (Å²) in [7, 11) is -5.51. The minimum atomic E-state index is -5.51. The van der Waals surface area contributed by atoms with Crippen molar-refractivity contribution in [1.82, 2.24) is 0 Å².